The summed E-state index contributed by atoms with van der Waals surface area (Å²) in [5.41, 5.74) is 2.81. The van der Waals surface area contributed by atoms with Crippen molar-refractivity contribution in [3.05, 3.63) is 53.3 Å². The fourth-order valence-electron chi connectivity index (χ4n) is 2.98. The van der Waals surface area contributed by atoms with Crippen LogP contribution in [0.4, 0.5) is 0 Å². The zero-order chi connectivity index (χ0) is 18.1. The molecule has 0 saturated heterocycles. The van der Waals surface area contributed by atoms with Crippen molar-refractivity contribution in [2.45, 2.75) is 19.8 Å². The Bertz CT molecular complexity index is 1060. The van der Waals surface area contributed by atoms with Crippen LogP contribution in [0, 0.1) is 6.92 Å². The lowest BCUT2D eigenvalue weighted by atomic mass is 10.1. The number of methoxy groups -OCH3 is 1. The number of fused-ring (bicyclic) bond motifs is 1. The molecule has 26 heavy (non-hydrogen) atoms. The van der Waals surface area contributed by atoms with Crippen LogP contribution in [0.3, 0.4) is 0 Å². The molecule has 0 aliphatic carbocycles. The zero-order valence-electron chi connectivity index (χ0n) is 14.9. The lowest BCUT2D eigenvalue weighted by Gasteiger charge is -2.07. The van der Waals surface area contributed by atoms with Gasteiger partial charge in [-0.15, -0.1) is 11.3 Å². The predicted octanol–water partition coefficient (Wildman–Crippen LogP) is 3.59. The topological polar surface area (TPSA) is 65.7 Å². The first-order valence-corrected chi connectivity index (χ1v) is 9.25. The minimum atomic E-state index is 0.732. The largest absolute Gasteiger partial charge is 0.497 e. The first-order chi connectivity index (χ1) is 12.6. The highest BCUT2D eigenvalue weighted by atomic mass is 32.1. The van der Waals surface area contributed by atoms with Crippen molar-refractivity contribution < 1.29 is 4.74 Å². The van der Waals surface area contributed by atoms with Crippen LogP contribution in [0.2, 0.25) is 0 Å². The van der Waals surface area contributed by atoms with Crippen LogP contribution in [-0.4, -0.2) is 31.6 Å². The van der Waals surface area contributed by atoms with Crippen LogP contribution in [-0.2, 0) is 19.9 Å². The lowest BCUT2D eigenvalue weighted by Crippen LogP contribution is -2.04. The van der Waals surface area contributed by atoms with Crippen molar-refractivity contribution in [1.29, 1.82) is 0 Å². The van der Waals surface area contributed by atoms with E-state index in [2.05, 4.69) is 9.97 Å². The third-order valence-electron chi connectivity index (χ3n) is 4.34. The van der Waals surface area contributed by atoms with Gasteiger partial charge in [0.05, 0.1) is 12.6 Å². The molecule has 132 valence electrons. The fourth-order valence-corrected chi connectivity index (χ4v) is 3.57. The molecule has 0 N–H and O–H groups in total. The molecule has 0 unspecified atom stereocenters. The second-order valence-electron chi connectivity index (χ2n) is 6.10. The van der Waals surface area contributed by atoms with Crippen molar-refractivity contribution in [2.75, 3.05) is 7.11 Å². The summed E-state index contributed by atoms with van der Waals surface area (Å²) in [6.45, 7) is 2.02. The van der Waals surface area contributed by atoms with Crippen LogP contribution in [0.25, 0.3) is 21.6 Å². The number of hydrogen-bond acceptors (Lipinski definition) is 6. The van der Waals surface area contributed by atoms with Crippen molar-refractivity contribution >= 4 is 22.2 Å². The molecule has 0 saturated carbocycles. The number of aromatic nitrogens is 5. The maximum atomic E-state index is 5.31. The summed E-state index contributed by atoms with van der Waals surface area (Å²) in [7, 11) is 3.67. The van der Waals surface area contributed by atoms with E-state index < -0.39 is 0 Å². The van der Waals surface area contributed by atoms with Gasteiger partial charge in [-0.25, -0.2) is 19.9 Å². The van der Waals surface area contributed by atoms with Gasteiger partial charge in [-0.3, -0.25) is 0 Å². The molecule has 1 aromatic carbocycles. The van der Waals surface area contributed by atoms with Gasteiger partial charge >= 0.3 is 0 Å². The predicted molar refractivity (Wildman–Crippen MR) is 103 cm³/mol. The number of thiazole rings is 1. The normalized spacial score (nSPS) is 11.2. The van der Waals surface area contributed by atoms with Gasteiger partial charge in [-0.2, -0.15) is 0 Å². The van der Waals surface area contributed by atoms with Crippen molar-refractivity contribution in [3.8, 4) is 16.5 Å². The molecule has 0 fully saturated rings. The van der Waals surface area contributed by atoms with E-state index in [9.17, 15) is 0 Å². The Morgan fingerprint density at radius 3 is 2.81 bits per heavy atom. The van der Waals surface area contributed by atoms with E-state index in [1.807, 2.05) is 48.3 Å². The summed E-state index contributed by atoms with van der Waals surface area (Å²) in [5.74, 6) is 2.63. The molecule has 3 aromatic heterocycles. The van der Waals surface area contributed by atoms with Crippen LogP contribution in [0.5, 0.6) is 5.75 Å². The minimum absolute atomic E-state index is 0.732. The molecule has 4 rings (SSSR count). The molecule has 0 atom stereocenters. The SMILES string of the molecule is COc1ccc2c(C)nc(CCc3nc(-c4nccs4)cn3C)nc2c1. The standard InChI is InChI=1S/C19H19N5OS/c1-12-14-5-4-13(25-3)10-15(14)22-17(21-12)6-7-18-23-16(11-24(18)2)19-20-8-9-26-19/h4-5,8-11H,6-7H2,1-3H3. The molecular weight excluding hydrogens is 346 g/mol. The summed E-state index contributed by atoms with van der Waals surface area (Å²) in [4.78, 5) is 18.4. The van der Waals surface area contributed by atoms with Crippen molar-refractivity contribution in [3.63, 3.8) is 0 Å². The van der Waals surface area contributed by atoms with Gasteiger partial charge < -0.3 is 9.30 Å². The van der Waals surface area contributed by atoms with Crippen LogP contribution < -0.4 is 4.74 Å². The molecule has 4 aromatic rings. The van der Waals surface area contributed by atoms with Gasteiger partial charge in [0.2, 0.25) is 0 Å². The molecule has 0 bridgehead atoms. The average molecular weight is 365 g/mol. The van der Waals surface area contributed by atoms with Gasteiger partial charge in [0, 0.05) is 54.8 Å². The molecule has 3 heterocycles. The highest BCUT2D eigenvalue weighted by Gasteiger charge is 2.11. The summed E-state index contributed by atoms with van der Waals surface area (Å²) >= 11 is 1.60. The zero-order valence-corrected chi connectivity index (χ0v) is 15.7. The van der Waals surface area contributed by atoms with Crippen LogP contribution in [0.1, 0.15) is 17.3 Å². The van der Waals surface area contributed by atoms with E-state index in [1.54, 1.807) is 24.6 Å². The monoisotopic (exact) mass is 365 g/mol. The number of ether oxygens (including phenoxy) is 1. The minimum Gasteiger partial charge on any atom is -0.497 e. The smallest absolute Gasteiger partial charge is 0.143 e. The van der Waals surface area contributed by atoms with Crippen LogP contribution >= 0.6 is 11.3 Å². The number of benzene rings is 1. The Morgan fingerprint density at radius 2 is 2.04 bits per heavy atom. The van der Waals surface area contributed by atoms with Gasteiger partial charge in [-0.1, -0.05) is 0 Å². The molecule has 0 aliphatic rings. The molecule has 0 aliphatic heterocycles. The second-order valence-corrected chi connectivity index (χ2v) is 6.99. The number of imidazole rings is 1. The maximum Gasteiger partial charge on any atom is 0.143 e. The van der Waals surface area contributed by atoms with Gasteiger partial charge in [0.1, 0.15) is 28.1 Å². The molecule has 6 nitrogen and oxygen atoms in total. The maximum absolute atomic E-state index is 5.31. The van der Waals surface area contributed by atoms with Crippen molar-refractivity contribution in [1.82, 2.24) is 24.5 Å². The number of hydrogen-bond donors (Lipinski definition) is 0. The van der Waals surface area contributed by atoms with E-state index in [-0.39, 0.29) is 0 Å². The van der Waals surface area contributed by atoms with E-state index in [4.69, 9.17) is 14.7 Å². The molecule has 0 radical (unpaired) electrons. The Hall–Kier alpha value is -2.80. The number of rotatable bonds is 5. The van der Waals surface area contributed by atoms with Crippen LogP contribution in [0.15, 0.2) is 36.0 Å². The summed E-state index contributed by atoms with van der Waals surface area (Å²) in [5, 5.41) is 3.96. The Labute approximate surface area is 155 Å². The molecular formula is C19H19N5OS. The van der Waals surface area contributed by atoms with Gasteiger partial charge in [0.15, 0.2) is 0 Å². The lowest BCUT2D eigenvalue weighted by molar-refractivity contribution is 0.415. The fraction of sp³-hybridized carbons (Fsp3) is 0.263. The summed E-state index contributed by atoms with van der Waals surface area (Å²) < 4.78 is 7.36. The second kappa shape index (κ2) is 6.84. The first-order valence-electron chi connectivity index (χ1n) is 8.37. The number of nitrogens with zero attached hydrogens (tertiary/aromatic N) is 5. The van der Waals surface area contributed by atoms with E-state index in [0.717, 1.165) is 57.5 Å². The van der Waals surface area contributed by atoms with E-state index >= 15 is 0 Å². The van der Waals surface area contributed by atoms with Gasteiger partial charge in [-0.05, 0) is 19.1 Å². The highest BCUT2D eigenvalue weighted by molar-refractivity contribution is 7.13. The summed E-state index contributed by atoms with van der Waals surface area (Å²) in [6, 6.07) is 5.90. The highest BCUT2D eigenvalue weighted by Crippen LogP contribution is 2.23. The average Bonchev–Trinajstić information content (AvgIpc) is 3.29. The number of aryl methyl sites for hydroxylation is 4. The summed E-state index contributed by atoms with van der Waals surface area (Å²) in [6.07, 6.45) is 5.33. The Morgan fingerprint density at radius 1 is 1.15 bits per heavy atom. The van der Waals surface area contributed by atoms with Gasteiger partial charge in [0.25, 0.3) is 0 Å². The third-order valence-corrected chi connectivity index (χ3v) is 5.13. The Kier molecular flexibility index (Phi) is 4.38. The third kappa shape index (κ3) is 3.17. The van der Waals surface area contributed by atoms with Crippen molar-refractivity contribution in [2.24, 2.45) is 7.05 Å². The molecule has 0 spiro atoms. The van der Waals surface area contributed by atoms with E-state index in [0.29, 0.717) is 0 Å². The quantitative estimate of drug-likeness (QED) is 0.541. The first kappa shape index (κ1) is 16.7. The molecule has 0 amide bonds. The van der Waals surface area contributed by atoms with E-state index in [1.165, 1.54) is 0 Å². The molecule has 7 heteroatoms. The Balaban J connectivity index is 1.58.